The van der Waals surface area contributed by atoms with Gasteiger partial charge in [0.25, 0.3) is 0 Å². The summed E-state index contributed by atoms with van der Waals surface area (Å²) in [4.78, 5) is 28.3. The fourth-order valence-electron chi connectivity index (χ4n) is 2.52. The van der Waals surface area contributed by atoms with Gasteiger partial charge in [-0.2, -0.15) is 0 Å². The van der Waals surface area contributed by atoms with E-state index in [-0.39, 0.29) is 5.78 Å². The predicted molar refractivity (Wildman–Crippen MR) is 103 cm³/mol. The van der Waals surface area contributed by atoms with Gasteiger partial charge in [0.15, 0.2) is 5.78 Å². The van der Waals surface area contributed by atoms with Crippen LogP contribution in [0.2, 0.25) is 0 Å². The average Bonchev–Trinajstić information content (AvgIpc) is 2.65. The Morgan fingerprint density at radius 3 is 2.65 bits per heavy atom. The first-order valence-electron chi connectivity index (χ1n) is 8.43. The number of anilines is 2. The summed E-state index contributed by atoms with van der Waals surface area (Å²) in [5.41, 5.74) is 3.11. The Kier molecular flexibility index (Phi) is 5.55. The zero-order valence-corrected chi connectivity index (χ0v) is 15.2. The smallest absolute Gasteiger partial charge is 0.161 e. The maximum absolute atomic E-state index is 11.6. The number of carbonyl (C=O) groups excluding carboxylic acids is 1. The molecule has 0 N–H and O–H groups in total. The van der Waals surface area contributed by atoms with Crippen molar-refractivity contribution in [2.24, 2.45) is 0 Å². The molecule has 0 saturated heterocycles. The Balaban J connectivity index is 1.97. The minimum absolute atomic E-state index is 0.00356. The minimum atomic E-state index is -0.00356. The number of pyridine rings is 2. The second-order valence-electron chi connectivity index (χ2n) is 6.30. The van der Waals surface area contributed by atoms with Crippen LogP contribution in [0.25, 0.3) is 10.9 Å². The fourth-order valence-corrected chi connectivity index (χ4v) is 2.52. The van der Waals surface area contributed by atoms with Gasteiger partial charge in [0, 0.05) is 29.9 Å². The van der Waals surface area contributed by atoms with E-state index < -0.39 is 0 Å². The molecule has 0 saturated carbocycles. The van der Waals surface area contributed by atoms with Gasteiger partial charge in [-0.25, -0.2) is 5.06 Å². The molecule has 0 atom stereocenters. The SMILES string of the molecule is CC(=O)c1cnc2ccc(N(OCCN(C)C)c3cccnc3)cc2c1. The number of rotatable bonds is 7. The molecule has 6 nitrogen and oxygen atoms in total. The lowest BCUT2D eigenvalue weighted by molar-refractivity contribution is 0.101. The third-order valence-electron chi connectivity index (χ3n) is 3.95. The highest BCUT2D eigenvalue weighted by Crippen LogP contribution is 2.28. The number of fused-ring (bicyclic) bond motifs is 1. The largest absolute Gasteiger partial charge is 0.307 e. The quantitative estimate of drug-likeness (QED) is 0.480. The van der Waals surface area contributed by atoms with Gasteiger partial charge < -0.3 is 4.90 Å². The fraction of sp³-hybridized carbons (Fsp3) is 0.250. The zero-order valence-electron chi connectivity index (χ0n) is 15.2. The molecule has 0 radical (unpaired) electrons. The van der Waals surface area contributed by atoms with Crippen LogP contribution in [0.5, 0.6) is 0 Å². The van der Waals surface area contributed by atoms with Crippen molar-refractivity contribution in [2.75, 3.05) is 32.3 Å². The summed E-state index contributed by atoms with van der Waals surface area (Å²) in [5.74, 6) is -0.00356. The van der Waals surface area contributed by atoms with Gasteiger partial charge >= 0.3 is 0 Å². The first-order chi connectivity index (χ1) is 12.5. The first kappa shape index (κ1) is 18.0. The van der Waals surface area contributed by atoms with E-state index in [1.165, 1.54) is 0 Å². The molecule has 0 fully saturated rings. The molecule has 0 bridgehead atoms. The molecule has 6 heteroatoms. The standard InChI is InChI=1S/C20H22N4O2/c1-15(25)17-11-16-12-18(6-7-20(16)22-13-17)24(26-10-9-23(2)3)19-5-4-8-21-14-19/h4-8,11-14H,9-10H2,1-3H3. The van der Waals surface area contributed by atoms with Crippen molar-refractivity contribution in [1.29, 1.82) is 0 Å². The summed E-state index contributed by atoms with van der Waals surface area (Å²) in [6.07, 6.45) is 5.09. The molecule has 3 aromatic rings. The van der Waals surface area contributed by atoms with Gasteiger partial charge in [-0.05, 0) is 57.4 Å². The van der Waals surface area contributed by atoms with Gasteiger partial charge in [-0.3, -0.25) is 19.6 Å². The molecular formula is C20H22N4O2. The molecule has 2 heterocycles. The number of hydrogen-bond donors (Lipinski definition) is 0. The lowest BCUT2D eigenvalue weighted by Gasteiger charge is -2.24. The molecule has 0 amide bonds. The number of Topliss-reactive ketones (excluding diaryl/α,β-unsaturated/α-hetero) is 1. The molecule has 26 heavy (non-hydrogen) atoms. The Bertz CT molecular complexity index is 897. The topological polar surface area (TPSA) is 58.6 Å². The monoisotopic (exact) mass is 350 g/mol. The number of nitrogens with zero attached hydrogens (tertiary/aromatic N) is 4. The van der Waals surface area contributed by atoms with Crippen LogP contribution >= 0.6 is 0 Å². The number of benzene rings is 1. The third-order valence-corrected chi connectivity index (χ3v) is 3.95. The van der Waals surface area contributed by atoms with Gasteiger partial charge in [0.05, 0.1) is 29.7 Å². The summed E-state index contributed by atoms with van der Waals surface area (Å²) < 4.78 is 0. The summed E-state index contributed by atoms with van der Waals surface area (Å²) in [6, 6.07) is 11.5. The van der Waals surface area contributed by atoms with Gasteiger partial charge in [0.2, 0.25) is 0 Å². The van der Waals surface area contributed by atoms with Crippen LogP contribution in [-0.4, -0.2) is 47.9 Å². The maximum Gasteiger partial charge on any atom is 0.161 e. The van der Waals surface area contributed by atoms with Crippen LogP contribution in [0.3, 0.4) is 0 Å². The molecule has 2 aromatic heterocycles. The Morgan fingerprint density at radius 1 is 1.12 bits per heavy atom. The van der Waals surface area contributed by atoms with Crippen molar-refractivity contribution in [2.45, 2.75) is 6.92 Å². The molecule has 0 aliphatic rings. The van der Waals surface area contributed by atoms with Crippen LogP contribution in [0, 0.1) is 0 Å². The average molecular weight is 350 g/mol. The first-order valence-corrected chi connectivity index (χ1v) is 8.43. The molecular weight excluding hydrogens is 328 g/mol. The Morgan fingerprint density at radius 2 is 1.96 bits per heavy atom. The van der Waals surface area contributed by atoms with Crippen LogP contribution in [-0.2, 0) is 4.84 Å². The van der Waals surface area contributed by atoms with E-state index in [0.717, 1.165) is 28.8 Å². The van der Waals surface area contributed by atoms with E-state index in [4.69, 9.17) is 4.84 Å². The van der Waals surface area contributed by atoms with Crippen molar-refractivity contribution in [3.8, 4) is 0 Å². The summed E-state index contributed by atoms with van der Waals surface area (Å²) >= 11 is 0. The van der Waals surface area contributed by atoms with Crippen molar-refractivity contribution < 1.29 is 9.63 Å². The Labute approximate surface area is 153 Å². The van der Waals surface area contributed by atoms with Gasteiger partial charge in [-0.1, -0.05) is 0 Å². The van der Waals surface area contributed by atoms with E-state index in [1.807, 2.05) is 50.5 Å². The van der Waals surface area contributed by atoms with E-state index in [2.05, 4.69) is 14.9 Å². The third kappa shape index (κ3) is 4.22. The van der Waals surface area contributed by atoms with Crippen LogP contribution in [0.1, 0.15) is 17.3 Å². The molecule has 1 aromatic carbocycles. The lowest BCUT2D eigenvalue weighted by Crippen LogP contribution is -2.25. The summed E-state index contributed by atoms with van der Waals surface area (Å²) in [6.45, 7) is 2.87. The van der Waals surface area contributed by atoms with E-state index >= 15 is 0 Å². The highest BCUT2D eigenvalue weighted by molar-refractivity contribution is 5.97. The van der Waals surface area contributed by atoms with Gasteiger partial charge in [-0.15, -0.1) is 0 Å². The molecule has 134 valence electrons. The Hall–Kier alpha value is -2.83. The molecule has 3 rings (SSSR count). The van der Waals surface area contributed by atoms with Crippen molar-refractivity contribution in [1.82, 2.24) is 14.9 Å². The maximum atomic E-state index is 11.6. The second kappa shape index (κ2) is 8.03. The van der Waals surface area contributed by atoms with Crippen LogP contribution in [0.15, 0.2) is 55.0 Å². The highest BCUT2D eigenvalue weighted by Gasteiger charge is 2.12. The molecule has 0 aliphatic carbocycles. The highest BCUT2D eigenvalue weighted by atomic mass is 16.7. The number of carbonyl (C=O) groups is 1. The number of likely N-dealkylation sites (N-methyl/N-ethyl adjacent to an activating group) is 1. The van der Waals surface area contributed by atoms with Crippen LogP contribution in [0.4, 0.5) is 11.4 Å². The van der Waals surface area contributed by atoms with E-state index in [1.54, 1.807) is 30.6 Å². The van der Waals surface area contributed by atoms with Crippen molar-refractivity contribution in [3.05, 3.63) is 60.6 Å². The predicted octanol–water partition coefficient (Wildman–Crippen LogP) is 3.46. The van der Waals surface area contributed by atoms with E-state index in [9.17, 15) is 4.79 Å². The molecule has 0 unspecified atom stereocenters. The zero-order chi connectivity index (χ0) is 18.5. The molecule has 0 spiro atoms. The molecule has 0 aliphatic heterocycles. The van der Waals surface area contributed by atoms with Crippen LogP contribution < -0.4 is 5.06 Å². The number of hydrogen-bond acceptors (Lipinski definition) is 6. The van der Waals surface area contributed by atoms with E-state index in [0.29, 0.717) is 12.2 Å². The lowest BCUT2D eigenvalue weighted by atomic mass is 10.1. The van der Waals surface area contributed by atoms with Crippen molar-refractivity contribution >= 4 is 28.1 Å². The minimum Gasteiger partial charge on any atom is -0.307 e. The normalized spacial score (nSPS) is 11.1. The second-order valence-corrected chi connectivity index (χ2v) is 6.30. The summed E-state index contributed by atoms with van der Waals surface area (Å²) in [5, 5.41) is 2.65. The number of ketones is 1. The van der Waals surface area contributed by atoms with Crippen molar-refractivity contribution in [3.63, 3.8) is 0 Å². The number of aromatic nitrogens is 2. The summed E-state index contributed by atoms with van der Waals surface area (Å²) in [7, 11) is 4.01. The van der Waals surface area contributed by atoms with Gasteiger partial charge in [0.1, 0.15) is 0 Å².